The van der Waals surface area contributed by atoms with Crippen molar-refractivity contribution in [1.82, 2.24) is 0 Å². The van der Waals surface area contributed by atoms with E-state index in [1.165, 1.54) is 6.26 Å². The van der Waals surface area contributed by atoms with Crippen molar-refractivity contribution in [3.8, 4) is 0 Å². The summed E-state index contributed by atoms with van der Waals surface area (Å²) in [6.07, 6.45) is 1.32. The molecule has 7 heteroatoms. The molecule has 0 aromatic rings. The van der Waals surface area contributed by atoms with Gasteiger partial charge in [-0.3, -0.25) is 9.36 Å². The van der Waals surface area contributed by atoms with Crippen LogP contribution in [0.2, 0.25) is 0 Å². The molecule has 0 fully saturated rings. The number of carbonyl (C=O) groups excluding carboxylic acids is 1. The van der Waals surface area contributed by atoms with Crippen LogP contribution in [-0.2, 0) is 4.57 Å². The zero-order chi connectivity index (χ0) is 6.78. The fourth-order valence-corrected chi connectivity index (χ4v) is 1.07. The molecule has 4 nitrogen and oxygen atoms in total. The third-order valence-corrected chi connectivity index (χ3v) is 2.50. The van der Waals surface area contributed by atoms with Crippen molar-refractivity contribution in [2.24, 2.45) is 0 Å². The molecule has 0 spiro atoms. The third-order valence-electron chi connectivity index (χ3n) is 0.412. The number of hydrogen-bond donors (Lipinski definition) is 2. The largest absolute Gasteiger partial charge is 1.00 e. The van der Waals surface area contributed by atoms with E-state index in [9.17, 15) is 9.36 Å². The van der Waals surface area contributed by atoms with E-state index in [0.29, 0.717) is 11.8 Å². The van der Waals surface area contributed by atoms with Crippen molar-refractivity contribution < 1.29 is 48.7 Å². The van der Waals surface area contributed by atoms with Crippen LogP contribution in [-0.4, -0.2) is 20.9 Å². The normalized spacial score (nSPS) is 9.10. The number of thioether (sulfide) groups is 1. The summed E-state index contributed by atoms with van der Waals surface area (Å²) in [5, 5.41) is 0. The summed E-state index contributed by atoms with van der Waals surface area (Å²) in [6, 6.07) is 0. The molecule has 0 heterocycles. The number of hydrogen-bond acceptors (Lipinski definition) is 3. The van der Waals surface area contributed by atoms with E-state index in [4.69, 9.17) is 9.79 Å². The summed E-state index contributed by atoms with van der Waals surface area (Å²) in [6.45, 7) is 0. The van der Waals surface area contributed by atoms with Gasteiger partial charge in [-0.2, -0.15) is 0 Å². The molecule has 10 heavy (non-hydrogen) atoms. The second-order valence-electron chi connectivity index (χ2n) is 1.01. The molecule has 0 aromatic carbocycles. The fourth-order valence-electron chi connectivity index (χ4n) is 0.119. The molecule has 0 aromatic heterocycles. The predicted octanol–water partition coefficient (Wildman–Crippen LogP) is -1.90. The maximum absolute atomic E-state index is 10.0. The summed E-state index contributed by atoms with van der Waals surface area (Å²) in [5.74, 6) is 0. The Bertz CT molecular complexity index is 143. The molecule has 56 valence electrons. The Morgan fingerprint density at radius 2 is 1.80 bits per heavy atom. The third kappa shape index (κ3) is 7.28. The summed E-state index contributed by atoms with van der Waals surface area (Å²) in [4.78, 5) is 25.0. The van der Waals surface area contributed by atoms with Gasteiger partial charge in [0.05, 0.1) is 0 Å². The Morgan fingerprint density at radius 3 is 1.80 bits per heavy atom. The Labute approximate surface area is 86.2 Å². The zero-order valence-corrected chi connectivity index (χ0v) is 9.78. The molecule has 0 unspecified atom stereocenters. The molecular formula is C3H8NaO4PS. The Morgan fingerprint density at radius 1 is 1.50 bits per heavy atom. The Kier molecular flexibility index (Phi) is 11.9. The van der Waals surface area contributed by atoms with Gasteiger partial charge in [0.15, 0.2) is 0 Å². The van der Waals surface area contributed by atoms with Crippen molar-refractivity contribution in [2.75, 3.05) is 6.26 Å². The van der Waals surface area contributed by atoms with Crippen LogP contribution >= 0.6 is 19.4 Å². The van der Waals surface area contributed by atoms with E-state index >= 15 is 0 Å². The first-order valence-electron chi connectivity index (χ1n) is 1.62. The monoisotopic (exact) mass is 194 g/mol. The summed E-state index contributed by atoms with van der Waals surface area (Å²) in [7, 11) is -4.43. The van der Waals surface area contributed by atoms with Crippen LogP contribution in [0.5, 0.6) is 0 Å². The van der Waals surface area contributed by atoms with Gasteiger partial charge in [-0.25, -0.2) is 0 Å². The molecule has 2 N–H and O–H groups in total. The fraction of sp³-hybridized carbons (Fsp3) is 0.333. The molecule has 0 rings (SSSR count). The smallest absolute Gasteiger partial charge is 0.358 e. The van der Waals surface area contributed by atoms with Crippen molar-refractivity contribution in [3.63, 3.8) is 0 Å². The van der Waals surface area contributed by atoms with Crippen LogP contribution < -0.4 is 29.6 Å². The van der Waals surface area contributed by atoms with E-state index in [1.54, 1.807) is 0 Å². The van der Waals surface area contributed by atoms with E-state index in [2.05, 4.69) is 0 Å². The zero-order valence-electron chi connectivity index (χ0n) is 6.07. The Hall–Kier alpha value is 1.17. The molecule has 0 aliphatic carbocycles. The molecule has 0 aliphatic rings. The minimum atomic E-state index is -4.43. The first kappa shape index (κ1) is 17.3. The van der Waals surface area contributed by atoms with Crippen LogP contribution in [0.3, 0.4) is 0 Å². The van der Waals surface area contributed by atoms with Gasteiger partial charge < -0.3 is 17.2 Å². The average molecular weight is 194 g/mol. The first-order valence-corrected chi connectivity index (χ1v) is 4.46. The van der Waals surface area contributed by atoms with Gasteiger partial charge in [-0.15, -0.1) is 0 Å². The van der Waals surface area contributed by atoms with E-state index in [-0.39, 0.29) is 37.0 Å². The van der Waals surface area contributed by atoms with Crippen molar-refractivity contribution in [2.45, 2.75) is 0 Å². The molecule has 0 atom stereocenters. The van der Waals surface area contributed by atoms with Crippen LogP contribution in [0, 0.1) is 7.43 Å². The molecule has 0 radical (unpaired) electrons. The van der Waals surface area contributed by atoms with Gasteiger partial charge in [0.1, 0.15) is 0 Å². The SMILES string of the molecule is CSC(=O)P(=O)(O)O.[CH3-].[Na+]. The molecule has 0 bridgehead atoms. The van der Waals surface area contributed by atoms with Gasteiger partial charge in [0.25, 0.3) is 4.86 Å². The van der Waals surface area contributed by atoms with Crippen LogP contribution in [0.1, 0.15) is 0 Å². The second kappa shape index (κ2) is 6.85. The van der Waals surface area contributed by atoms with Crippen molar-refractivity contribution in [3.05, 3.63) is 7.43 Å². The molecule has 0 aliphatic heterocycles. The number of rotatable bonds is 1. The molecular weight excluding hydrogens is 186 g/mol. The second-order valence-corrected chi connectivity index (χ2v) is 3.59. The average Bonchev–Trinajstić information content (AvgIpc) is 1.62. The summed E-state index contributed by atoms with van der Waals surface area (Å²) >= 11 is 0.530. The summed E-state index contributed by atoms with van der Waals surface area (Å²) in [5.41, 5.74) is 0. The minimum absolute atomic E-state index is 0. The van der Waals surface area contributed by atoms with Gasteiger partial charge in [0, 0.05) is 0 Å². The van der Waals surface area contributed by atoms with E-state index in [0.717, 1.165) is 0 Å². The van der Waals surface area contributed by atoms with Crippen molar-refractivity contribution >= 4 is 24.2 Å². The predicted molar refractivity (Wildman–Crippen MR) is 37.4 cm³/mol. The molecule has 0 saturated carbocycles. The number of carbonyl (C=O) groups is 1. The topological polar surface area (TPSA) is 74.6 Å². The van der Waals surface area contributed by atoms with Crippen molar-refractivity contribution in [1.29, 1.82) is 0 Å². The maximum atomic E-state index is 10.0. The van der Waals surface area contributed by atoms with E-state index < -0.39 is 12.5 Å². The molecule has 0 saturated heterocycles. The first-order chi connectivity index (χ1) is 3.48. The van der Waals surface area contributed by atoms with Gasteiger partial charge in [-0.05, 0) is 6.26 Å². The van der Waals surface area contributed by atoms with Gasteiger partial charge in [0.2, 0.25) is 0 Å². The van der Waals surface area contributed by atoms with Crippen LogP contribution in [0.4, 0.5) is 4.79 Å². The van der Waals surface area contributed by atoms with Crippen LogP contribution in [0.25, 0.3) is 0 Å². The van der Waals surface area contributed by atoms with Crippen LogP contribution in [0.15, 0.2) is 0 Å². The standard InChI is InChI=1S/C2H5O4PS.CH3.Na/c1-8-2(3)7(4,5)6;;/h1H3,(H2,4,5,6);1H3;/q;-1;+1. The maximum Gasteiger partial charge on any atom is 1.00 e. The Balaban J connectivity index is -0.000000245. The quantitative estimate of drug-likeness (QED) is 0.290. The van der Waals surface area contributed by atoms with Gasteiger partial charge in [-0.1, -0.05) is 11.8 Å². The molecule has 0 amide bonds. The summed E-state index contributed by atoms with van der Waals surface area (Å²) < 4.78 is 9.89. The minimum Gasteiger partial charge on any atom is -0.358 e. The van der Waals surface area contributed by atoms with E-state index in [1.807, 2.05) is 0 Å². The van der Waals surface area contributed by atoms with Gasteiger partial charge >= 0.3 is 37.2 Å².